The van der Waals surface area contributed by atoms with Crippen LogP contribution < -0.4 is 5.32 Å². The summed E-state index contributed by atoms with van der Waals surface area (Å²) in [5.74, 6) is 0.461. The third kappa shape index (κ3) is 5.49. The lowest BCUT2D eigenvalue weighted by Crippen LogP contribution is -2.46. The van der Waals surface area contributed by atoms with Crippen molar-refractivity contribution in [3.05, 3.63) is 52.2 Å². The number of benzene rings is 1. The Morgan fingerprint density at radius 3 is 2.45 bits per heavy atom. The molecule has 0 radical (unpaired) electrons. The molecule has 31 heavy (non-hydrogen) atoms. The molecule has 3 heterocycles. The maximum absolute atomic E-state index is 13.2. The van der Waals surface area contributed by atoms with E-state index in [-0.39, 0.29) is 23.8 Å². The molecule has 1 N–H and O–H groups in total. The van der Waals surface area contributed by atoms with Gasteiger partial charge in [-0.1, -0.05) is 12.1 Å². The Kier molecular flexibility index (Phi) is 7.29. The molecular weight excluding hydrogens is 430 g/mol. The van der Waals surface area contributed by atoms with Crippen LogP contribution in [0.25, 0.3) is 0 Å². The van der Waals surface area contributed by atoms with Gasteiger partial charge in [0, 0.05) is 48.1 Å². The summed E-state index contributed by atoms with van der Waals surface area (Å²) in [6, 6.07) is 9.44. The summed E-state index contributed by atoms with van der Waals surface area (Å²) in [5, 5.41) is 6.81. The number of hydrogen-bond acceptors (Lipinski definition) is 5. The van der Waals surface area contributed by atoms with Gasteiger partial charge in [0.05, 0.1) is 11.3 Å². The molecule has 2 aliphatic heterocycles. The average molecular weight is 458 g/mol. The fraction of sp³-hybridized carbons (Fsp3) is 0.435. The number of amides is 3. The molecule has 8 heteroatoms. The zero-order valence-electron chi connectivity index (χ0n) is 17.4. The first-order valence-corrected chi connectivity index (χ1v) is 12.7. The summed E-state index contributed by atoms with van der Waals surface area (Å²) < 4.78 is 0. The molecule has 0 saturated carbocycles. The van der Waals surface area contributed by atoms with Gasteiger partial charge in [0.2, 0.25) is 5.91 Å². The minimum Gasteiger partial charge on any atom is -0.349 e. The Labute approximate surface area is 191 Å². The van der Waals surface area contributed by atoms with E-state index in [9.17, 15) is 14.4 Å². The normalized spacial score (nSPS) is 17.0. The van der Waals surface area contributed by atoms with Crippen LogP contribution >= 0.6 is 23.1 Å². The van der Waals surface area contributed by atoms with Crippen molar-refractivity contribution in [1.29, 1.82) is 0 Å². The second-order valence-electron chi connectivity index (χ2n) is 7.92. The number of carbonyl (C=O) groups is 3. The van der Waals surface area contributed by atoms with Gasteiger partial charge in [-0.25, -0.2) is 0 Å². The molecule has 0 aliphatic carbocycles. The Morgan fingerprint density at radius 1 is 1.00 bits per heavy atom. The highest BCUT2D eigenvalue weighted by Crippen LogP contribution is 2.26. The quantitative estimate of drug-likeness (QED) is 0.674. The molecule has 4 rings (SSSR count). The summed E-state index contributed by atoms with van der Waals surface area (Å²) in [5.41, 5.74) is 1.35. The Hall–Kier alpha value is -2.32. The van der Waals surface area contributed by atoms with Gasteiger partial charge >= 0.3 is 0 Å². The van der Waals surface area contributed by atoms with E-state index in [0.29, 0.717) is 30.0 Å². The van der Waals surface area contributed by atoms with E-state index in [1.165, 1.54) is 23.1 Å². The fourth-order valence-corrected chi connectivity index (χ4v) is 5.61. The van der Waals surface area contributed by atoms with Crippen LogP contribution in [-0.4, -0.2) is 65.5 Å². The van der Waals surface area contributed by atoms with Gasteiger partial charge in [0.15, 0.2) is 0 Å². The van der Waals surface area contributed by atoms with Crippen molar-refractivity contribution in [2.24, 2.45) is 0 Å². The first kappa shape index (κ1) is 21.9. The molecule has 0 unspecified atom stereocenters. The van der Waals surface area contributed by atoms with E-state index < -0.39 is 0 Å². The van der Waals surface area contributed by atoms with E-state index in [1.54, 1.807) is 0 Å². The van der Waals surface area contributed by atoms with Crippen molar-refractivity contribution in [2.45, 2.75) is 36.6 Å². The Balaban J connectivity index is 1.31. The van der Waals surface area contributed by atoms with E-state index in [0.717, 1.165) is 43.7 Å². The van der Waals surface area contributed by atoms with E-state index in [1.807, 2.05) is 50.9 Å². The molecule has 2 aromatic rings. The molecule has 3 amide bonds. The topological polar surface area (TPSA) is 69.7 Å². The molecule has 1 aromatic carbocycles. The minimum atomic E-state index is -0.0459. The maximum atomic E-state index is 13.2. The number of nitrogens with one attached hydrogen (secondary N) is 1. The van der Waals surface area contributed by atoms with Crippen LogP contribution in [-0.2, 0) is 4.79 Å². The molecular formula is C23H27N3O3S2. The first-order chi connectivity index (χ1) is 15.1. The number of nitrogens with zero attached hydrogens (tertiary/aromatic N) is 2. The molecule has 2 saturated heterocycles. The number of thioether (sulfide) groups is 1. The molecule has 0 spiro atoms. The summed E-state index contributed by atoms with van der Waals surface area (Å²) in [6.07, 6.45) is 3.64. The van der Waals surface area contributed by atoms with Crippen LogP contribution in [0.15, 0.2) is 46.0 Å². The van der Waals surface area contributed by atoms with Gasteiger partial charge in [-0.2, -0.15) is 11.3 Å². The van der Waals surface area contributed by atoms with Crippen molar-refractivity contribution < 1.29 is 14.4 Å². The lowest BCUT2D eigenvalue weighted by molar-refractivity contribution is -0.127. The third-order valence-electron chi connectivity index (χ3n) is 5.83. The SMILES string of the molecule is O=C(NC1CCN(C(=O)c2ccccc2SCC(=O)N2CCCC2)CC1)c1ccsc1. The summed E-state index contributed by atoms with van der Waals surface area (Å²) in [4.78, 5) is 42.4. The lowest BCUT2D eigenvalue weighted by Gasteiger charge is -2.32. The number of carbonyl (C=O) groups excluding carboxylic acids is 3. The second-order valence-corrected chi connectivity index (χ2v) is 9.72. The number of piperidine rings is 1. The Morgan fingerprint density at radius 2 is 1.74 bits per heavy atom. The van der Waals surface area contributed by atoms with Crippen LogP contribution in [0, 0.1) is 0 Å². The molecule has 2 fully saturated rings. The maximum Gasteiger partial charge on any atom is 0.254 e. The van der Waals surface area contributed by atoms with E-state index in [2.05, 4.69) is 5.32 Å². The zero-order valence-corrected chi connectivity index (χ0v) is 19.1. The molecule has 164 valence electrons. The number of thiophene rings is 1. The van der Waals surface area contributed by atoms with Crippen LogP contribution in [0.2, 0.25) is 0 Å². The standard InChI is InChI=1S/C23H27N3O3S2/c27-21(25-10-3-4-11-25)16-31-20-6-2-1-5-19(20)23(29)26-12-7-18(8-13-26)24-22(28)17-9-14-30-15-17/h1-2,5-6,9,14-15,18H,3-4,7-8,10-13,16H2,(H,24,28). The number of hydrogen-bond donors (Lipinski definition) is 1. The monoisotopic (exact) mass is 457 g/mol. The highest BCUT2D eigenvalue weighted by molar-refractivity contribution is 8.00. The van der Waals surface area contributed by atoms with Gasteiger partial charge < -0.3 is 15.1 Å². The average Bonchev–Trinajstić information content (AvgIpc) is 3.52. The largest absolute Gasteiger partial charge is 0.349 e. The third-order valence-corrected chi connectivity index (χ3v) is 7.57. The van der Waals surface area contributed by atoms with E-state index in [4.69, 9.17) is 0 Å². The van der Waals surface area contributed by atoms with Crippen molar-refractivity contribution in [3.8, 4) is 0 Å². The summed E-state index contributed by atoms with van der Waals surface area (Å²) in [6.45, 7) is 2.91. The van der Waals surface area contributed by atoms with Crippen molar-refractivity contribution in [3.63, 3.8) is 0 Å². The first-order valence-electron chi connectivity index (χ1n) is 10.7. The molecule has 6 nitrogen and oxygen atoms in total. The van der Waals surface area contributed by atoms with Crippen LogP contribution in [0.3, 0.4) is 0 Å². The summed E-state index contributed by atoms with van der Waals surface area (Å²) >= 11 is 2.95. The van der Waals surface area contributed by atoms with Gasteiger partial charge in [0.25, 0.3) is 11.8 Å². The number of likely N-dealkylation sites (tertiary alicyclic amines) is 2. The van der Waals surface area contributed by atoms with Crippen molar-refractivity contribution in [2.75, 3.05) is 31.9 Å². The van der Waals surface area contributed by atoms with Crippen LogP contribution in [0.4, 0.5) is 0 Å². The second kappa shape index (κ2) is 10.3. The van der Waals surface area contributed by atoms with E-state index >= 15 is 0 Å². The predicted octanol–water partition coefficient (Wildman–Crippen LogP) is 3.50. The minimum absolute atomic E-state index is 0.000618. The van der Waals surface area contributed by atoms with Crippen molar-refractivity contribution in [1.82, 2.24) is 15.1 Å². The highest BCUT2D eigenvalue weighted by atomic mass is 32.2. The molecule has 1 aromatic heterocycles. The predicted molar refractivity (Wildman–Crippen MR) is 124 cm³/mol. The Bertz CT molecular complexity index is 918. The molecule has 0 bridgehead atoms. The molecule has 2 aliphatic rings. The lowest BCUT2D eigenvalue weighted by atomic mass is 10.0. The van der Waals surface area contributed by atoms with Gasteiger partial charge in [-0.3, -0.25) is 14.4 Å². The zero-order chi connectivity index (χ0) is 21.6. The fourth-order valence-electron chi connectivity index (χ4n) is 4.03. The van der Waals surface area contributed by atoms with Crippen LogP contribution in [0.5, 0.6) is 0 Å². The van der Waals surface area contributed by atoms with Gasteiger partial charge in [-0.15, -0.1) is 11.8 Å². The molecule has 0 atom stereocenters. The van der Waals surface area contributed by atoms with Crippen LogP contribution in [0.1, 0.15) is 46.4 Å². The van der Waals surface area contributed by atoms with Gasteiger partial charge in [0.1, 0.15) is 0 Å². The van der Waals surface area contributed by atoms with Crippen molar-refractivity contribution >= 4 is 40.8 Å². The van der Waals surface area contributed by atoms with Gasteiger partial charge in [-0.05, 0) is 49.3 Å². The number of rotatable bonds is 6. The highest BCUT2D eigenvalue weighted by Gasteiger charge is 2.26. The smallest absolute Gasteiger partial charge is 0.254 e. The summed E-state index contributed by atoms with van der Waals surface area (Å²) in [7, 11) is 0.